The van der Waals surface area contributed by atoms with Gasteiger partial charge < -0.3 is 14.6 Å². The first-order chi connectivity index (χ1) is 10.6. The summed E-state index contributed by atoms with van der Waals surface area (Å²) in [6.45, 7) is 2.08. The van der Waals surface area contributed by atoms with E-state index in [1.165, 1.54) is 5.56 Å². The van der Waals surface area contributed by atoms with Crippen LogP contribution < -0.4 is 9.47 Å². The van der Waals surface area contributed by atoms with Crippen molar-refractivity contribution in [1.82, 2.24) is 0 Å². The number of methoxy groups -OCH3 is 1. The van der Waals surface area contributed by atoms with Gasteiger partial charge in [-0.25, -0.2) is 4.79 Å². The summed E-state index contributed by atoms with van der Waals surface area (Å²) in [5.74, 6) is 0.133. The summed E-state index contributed by atoms with van der Waals surface area (Å²) in [4.78, 5) is 11.4. The summed E-state index contributed by atoms with van der Waals surface area (Å²) in [7, 11) is 1.56. The Kier molecular flexibility index (Phi) is 5.42. The first-order valence-corrected chi connectivity index (χ1v) is 7.23. The molecule has 116 valence electrons. The smallest absolute Gasteiger partial charge is 0.345 e. The summed E-state index contributed by atoms with van der Waals surface area (Å²) in [5.41, 5.74) is 2.16. The predicted octanol–water partition coefficient (Wildman–Crippen LogP) is 3.33. The van der Waals surface area contributed by atoms with E-state index in [2.05, 4.69) is 6.92 Å². The lowest BCUT2D eigenvalue weighted by Gasteiger charge is -2.16. The molecule has 0 saturated heterocycles. The van der Waals surface area contributed by atoms with Crippen molar-refractivity contribution in [2.45, 2.75) is 25.9 Å². The zero-order valence-electron chi connectivity index (χ0n) is 12.8. The topological polar surface area (TPSA) is 55.8 Å². The van der Waals surface area contributed by atoms with Crippen LogP contribution in [0.4, 0.5) is 0 Å². The molecule has 1 unspecified atom stereocenters. The first-order valence-electron chi connectivity index (χ1n) is 7.23. The van der Waals surface area contributed by atoms with Gasteiger partial charge in [0.15, 0.2) is 6.10 Å². The number of benzene rings is 2. The Balaban J connectivity index is 2.10. The van der Waals surface area contributed by atoms with Crippen molar-refractivity contribution in [3.63, 3.8) is 0 Å². The van der Waals surface area contributed by atoms with Crippen LogP contribution in [0.3, 0.4) is 0 Å². The fourth-order valence-electron chi connectivity index (χ4n) is 2.14. The minimum Gasteiger partial charge on any atom is -0.497 e. The second kappa shape index (κ2) is 7.50. The molecule has 0 amide bonds. The Morgan fingerprint density at radius 2 is 1.73 bits per heavy atom. The Morgan fingerprint density at radius 1 is 1.09 bits per heavy atom. The molecule has 2 aromatic rings. The van der Waals surface area contributed by atoms with Crippen molar-refractivity contribution in [1.29, 1.82) is 0 Å². The molecule has 4 nitrogen and oxygen atoms in total. The highest BCUT2D eigenvalue weighted by Gasteiger charge is 2.20. The number of ether oxygens (including phenoxy) is 2. The van der Waals surface area contributed by atoms with Gasteiger partial charge in [-0.1, -0.05) is 37.3 Å². The molecule has 0 aliphatic carbocycles. The number of carbonyl (C=O) groups is 1. The van der Waals surface area contributed by atoms with Crippen molar-refractivity contribution < 1.29 is 19.4 Å². The van der Waals surface area contributed by atoms with Crippen LogP contribution in [0.5, 0.6) is 11.5 Å². The number of carboxylic acids is 1. The highest BCUT2D eigenvalue weighted by molar-refractivity contribution is 5.73. The summed E-state index contributed by atoms with van der Waals surface area (Å²) in [6, 6.07) is 14.9. The average molecular weight is 300 g/mol. The monoisotopic (exact) mass is 300 g/mol. The lowest BCUT2D eigenvalue weighted by Crippen LogP contribution is -2.29. The molecule has 0 aliphatic rings. The van der Waals surface area contributed by atoms with Crippen LogP contribution in [0.2, 0.25) is 0 Å². The maximum absolute atomic E-state index is 11.4. The number of carboxylic acid groups (broad SMARTS) is 1. The molecular formula is C18H20O4. The summed E-state index contributed by atoms with van der Waals surface area (Å²) in [5, 5.41) is 9.37. The van der Waals surface area contributed by atoms with Gasteiger partial charge in [-0.05, 0) is 29.7 Å². The van der Waals surface area contributed by atoms with E-state index >= 15 is 0 Å². The molecule has 2 rings (SSSR count). The number of rotatable bonds is 7. The average Bonchev–Trinajstić information content (AvgIpc) is 2.55. The minimum absolute atomic E-state index is 0.316. The van der Waals surface area contributed by atoms with E-state index in [1.807, 2.05) is 24.3 Å². The van der Waals surface area contributed by atoms with E-state index in [1.54, 1.807) is 31.4 Å². The number of aryl methyl sites for hydroxylation is 1. The van der Waals surface area contributed by atoms with Gasteiger partial charge in [0.05, 0.1) is 7.11 Å². The molecule has 0 fully saturated rings. The molecule has 0 radical (unpaired) electrons. The lowest BCUT2D eigenvalue weighted by atomic mass is 10.0. The standard InChI is InChI=1S/C18H20O4/c1-3-13-7-9-14(10-8-13)11-17(18(19)20)22-16-6-4-5-15(12-16)21-2/h4-10,12,17H,3,11H2,1-2H3,(H,19,20). The molecule has 0 aliphatic heterocycles. The second-order valence-corrected chi connectivity index (χ2v) is 5.00. The van der Waals surface area contributed by atoms with E-state index in [0.717, 1.165) is 12.0 Å². The van der Waals surface area contributed by atoms with E-state index in [-0.39, 0.29) is 0 Å². The van der Waals surface area contributed by atoms with Crippen LogP contribution in [-0.4, -0.2) is 24.3 Å². The van der Waals surface area contributed by atoms with Gasteiger partial charge in [0.25, 0.3) is 0 Å². The quantitative estimate of drug-likeness (QED) is 0.852. The normalized spacial score (nSPS) is 11.7. The van der Waals surface area contributed by atoms with Gasteiger partial charge in [0, 0.05) is 12.5 Å². The summed E-state index contributed by atoms with van der Waals surface area (Å²) >= 11 is 0. The molecule has 0 heterocycles. The predicted molar refractivity (Wildman–Crippen MR) is 84.6 cm³/mol. The summed E-state index contributed by atoms with van der Waals surface area (Å²) in [6.07, 6.45) is 0.346. The minimum atomic E-state index is -0.984. The van der Waals surface area contributed by atoms with Crippen LogP contribution in [0, 0.1) is 0 Å². The van der Waals surface area contributed by atoms with Crippen LogP contribution >= 0.6 is 0 Å². The van der Waals surface area contributed by atoms with Gasteiger partial charge in [0.2, 0.25) is 0 Å². The third-order valence-electron chi connectivity index (χ3n) is 3.45. The molecule has 4 heteroatoms. The van der Waals surface area contributed by atoms with Gasteiger partial charge >= 0.3 is 5.97 Å². The van der Waals surface area contributed by atoms with E-state index in [4.69, 9.17) is 9.47 Å². The second-order valence-electron chi connectivity index (χ2n) is 5.00. The number of aliphatic carboxylic acids is 1. The van der Waals surface area contributed by atoms with Gasteiger partial charge in [-0.2, -0.15) is 0 Å². The Bertz CT molecular complexity index is 619. The highest BCUT2D eigenvalue weighted by Crippen LogP contribution is 2.21. The third kappa shape index (κ3) is 4.25. The van der Waals surface area contributed by atoms with Crippen LogP contribution in [0.1, 0.15) is 18.1 Å². The molecule has 0 bridgehead atoms. The van der Waals surface area contributed by atoms with Gasteiger partial charge in [0.1, 0.15) is 11.5 Å². The van der Waals surface area contributed by atoms with Crippen molar-refractivity contribution in [3.8, 4) is 11.5 Å². The van der Waals surface area contributed by atoms with Crippen molar-refractivity contribution in [3.05, 3.63) is 59.7 Å². The third-order valence-corrected chi connectivity index (χ3v) is 3.45. The van der Waals surface area contributed by atoms with Crippen molar-refractivity contribution in [2.24, 2.45) is 0 Å². The van der Waals surface area contributed by atoms with Gasteiger partial charge in [-0.3, -0.25) is 0 Å². The molecule has 1 atom stereocenters. The molecule has 22 heavy (non-hydrogen) atoms. The molecule has 2 aromatic carbocycles. The zero-order valence-corrected chi connectivity index (χ0v) is 12.8. The van der Waals surface area contributed by atoms with Crippen LogP contribution in [0.15, 0.2) is 48.5 Å². The van der Waals surface area contributed by atoms with Crippen LogP contribution in [-0.2, 0) is 17.6 Å². The van der Waals surface area contributed by atoms with Crippen LogP contribution in [0.25, 0.3) is 0 Å². The fourth-order valence-corrected chi connectivity index (χ4v) is 2.14. The van der Waals surface area contributed by atoms with Crippen molar-refractivity contribution in [2.75, 3.05) is 7.11 Å². The first kappa shape index (κ1) is 15.9. The van der Waals surface area contributed by atoms with E-state index in [0.29, 0.717) is 17.9 Å². The molecule has 0 aromatic heterocycles. The molecular weight excluding hydrogens is 280 g/mol. The Morgan fingerprint density at radius 3 is 2.32 bits per heavy atom. The van der Waals surface area contributed by atoms with Gasteiger partial charge in [-0.15, -0.1) is 0 Å². The SMILES string of the molecule is CCc1ccc(CC(Oc2cccc(OC)c2)C(=O)O)cc1. The Hall–Kier alpha value is -2.49. The maximum Gasteiger partial charge on any atom is 0.345 e. The largest absolute Gasteiger partial charge is 0.497 e. The maximum atomic E-state index is 11.4. The molecule has 0 spiro atoms. The lowest BCUT2D eigenvalue weighted by molar-refractivity contribution is -0.145. The van der Waals surface area contributed by atoms with E-state index in [9.17, 15) is 9.90 Å². The highest BCUT2D eigenvalue weighted by atomic mass is 16.5. The zero-order chi connectivity index (χ0) is 15.9. The van der Waals surface area contributed by atoms with Crippen molar-refractivity contribution >= 4 is 5.97 Å². The number of hydrogen-bond acceptors (Lipinski definition) is 3. The van der Waals surface area contributed by atoms with E-state index < -0.39 is 12.1 Å². The fraction of sp³-hybridized carbons (Fsp3) is 0.278. The Labute approximate surface area is 130 Å². The number of hydrogen-bond donors (Lipinski definition) is 1. The molecule has 0 saturated carbocycles. The summed E-state index contributed by atoms with van der Waals surface area (Å²) < 4.78 is 10.7. The molecule has 1 N–H and O–H groups in total.